The third-order valence-corrected chi connectivity index (χ3v) is 3.89. The zero-order valence-electron chi connectivity index (χ0n) is 13.6. The van der Waals surface area contributed by atoms with Gasteiger partial charge in [0.1, 0.15) is 5.75 Å². The van der Waals surface area contributed by atoms with Gasteiger partial charge in [0.25, 0.3) is 0 Å². The van der Waals surface area contributed by atoms with E-state index in [0.717, 1.165) is 10.1 Å². The Hall–Kier alpha value is -3.28. The van der Waals surface area contributed by atoms with Gasteiger partial charge >= 0.3 is 6.09 Å². The minimum atomic E-state index is -1.36. The van der Waals surface area contributed by atoms with Gasteiger partial charge in [-0.05, 0) is 17.7 Å². The molecule has 0 aliphatic rings. The van der Waals surface area contributed by atoms with Crippen LogP contribution in [0.5, 0.6) is 5.75 Å². The van der Waals surface area contributed by atoms with Crippen molar-refractivity contribution in [2.75, 3.05) is 13.7 Å². The lowest BCUT2D eigenvalue weighted by atomic mass is 10.2. The van der Waals surface area contributed by atoms with E-state index >= 15 is 0 Å². The van der Waals surface area contributed by atoms with Crippen molar-refractivity contribution in [2.24, 2.45) is 0 Å². The predicted octanol–water partition coefficient (Wildman–Crippen LogP) is 2.24. The fraction of sp³-hybridized carbons (Fsp3) is 0.158. The van der Waals surface area contributed by atoms with Crippen molar-refractivity contribution in [3.05, 3.63) is 65.9 Å². The number of fused-ring (bicyclic) bond motifs is 1. The molecule has 3 aromatic rings. The van der Waals surface area contributed by atoms with Crippen LogP contribution in [0.3, 0.4) is 0 Å². The molecule has 3 rings (SSSR count). The molecule has 2 aromatic carbocycles. The molecule has 0 bridgehead atoms. The molecule has 1 aromatic heterocycles. The summed E-state index contributed by atoms with van der Waals surface area (Å²) in [5.74, 6) is -0.847. The van der Waals surface area contributed by atoms with Crippen LogP contribution in [0, 0.1) is 0 Å². The van der Waals surface area contributed by atoms with E-state index in [-0.39, 0.29) is 12.2 Å². The molecule has 0 aliphatic carbocycles. The zero-order chi connectivity index (χ0) is 17.8. The number of methoxy groups -OCH3 is 1. The Morgan fingerprint density at radius 1 is 1.12 bits per heavy atom. The fourth-order valence-corrected chi connectivity index (χ4v) is 2.62. The normalized spacial score (nSPS) is 10.6. The molecule has 0 unspecified atom stereocenters. The highest BCUT2D eigenvalue weighted by Crippen LogP contribution is 2.26. The first-order valence-corrected chi connectivity index (χ1v) is 7.71. The number of rotatable bonds is 5. The van der Waals surface area contributed by atoms with Gasteiger partial charge in [-0.2, -0.15) is 0 Å². The first-order valence-electron chi connectivity index (χ1n) is 7.71. The summed E-state index contributed by atoms with van der Waals surface area (Å²) in [6, 6.07) is 14.4. The maximum absolute atomic E-state index is 12.4. The number of ether oxygens (including phenoxy) is 2. The molecule has 128 valence electrons. The molecule has 0 spiro atoms. The van der Waals surface area contributed by atoms with Crippen molar-refractivity contribution in [2.45, 2.75) is 6.42 Å². The van der Waals surface area contributed by atoms with Crippen LogP contribution in [0.15, 0.2) is 54.7 Å². The minimum absolute atomic E-state index is 0.0716. The molecule has 0 fully saturated rings. The quantitative estimate of drug-likeness (QED) is 0.713. The van der Waals surface area contributed by atoms with Crippen LogP contribution in [-0.2, 0) is 11.2 Å². The number of aromatic nitrogens is 1. The molecule has 0 N–H and O–H groups in total. The molecule has 0 atom stereocenters. The number of hydrogen-bond acceptors (Lipinski definition) is 5. The molecule has 0 saturated heterocycles. The summed E-state index contributed by atoms with van der Waals surface area (Å²) in [6.07, 6.45) is 1.13. The minimum Gasteiger partial charge on any atom is -0.545 e. The smallest absolute Gasteiger partial charge is 0.418 e. The Morgan fingerprint density at radius 3 is 2.56 bits per heavy atom. The molecule has 0 aliphatic heterocycles. The Balaban J connectivity index is 1.83. The first kappa shape index (κ1) is 16.6. The van der Waals surface area contributed by atoms with Gasteiger partial charge in [0.15, 0.2) is 0 Å². The molecular weight excluding hydrogens is 322 g/mol. The fourth-order valence-electron chi connectivity index (χ4n) is 2.62. The summed E-state index contributed by atoms with van der Waals surface area (Å²) in [7, 11) is 1.49. The van der Waals surface area contributed by atoms with Crippen molar-refractivity contribution in [1.29, 1.82) is 0 Å². The lowest BCUT2D eigenvalue weighted by Crippen LogP contribution is -2.22. The summed E-state index contributed by atoms with van der Waals surface area (Å²) >= 11 is 0. The maximum atomic E-state index is 12.4. The van der Waals surface area contributed by atoms with Gasteiger partial charge < -0.3 is 19.4 Å². The highest BCUT2D eigenvalue weighted by Gasteiger charge is 2.16. The van der Waals surface area contributed by atoms with E-state index in [1.165, 1.54) is 13.3 Å². The van der Waals surface area contributed by atoms with E-state index in [2.05, 4.69) is 0 Å². The van der Waals surface area contributed by atoms with E-state index in [4.69, 9.17) is 9.47 Å². The van der Waals surface area contributed by atoms with Gasteiger partial charge in [0.05, 0.1) is 25.2 Å². The number of aromatic carboxylic acids is 1. The van der Waals surface area contributed by atoms with E-state index in [1.807, 2.05) is 30.3 Å². The number of carboxylic acids is 1. The molecule has 6 nitrogen and oxygen atoms in total. The largest absolute Gasteiger partial charge is 0.545 e. The Labute approximate surface area is 144 Å². The topological polar surface area (TPSA) is 80.6 Å². The third-order valence-electron chi connectivity index (χ3n) is 3.89. The average molecular weight is 338 g/mol. The van der Waals surface area contributed by atoms with Crippen LogP contribution >= 0.6 is 0 Å². The van der Waals surface area contributed by atoms with Crippen LogP contribution < -0.4 is 9.84 Å². The SMILES string of the molecule is COc1ccc2c(C(=O)[O-])cn(C(=O)OCCc3ccccc3)c2c1. The van der Waals surface area contributed by atoms with Crippen LogP contribution in [0.4, 0.5) is 4.79 Å². The Bertz CT molecular complexity index is 914. The standard InChI is InChI=1S/C19H17NO5/c1-24-14-7-8-15-16(18(21)22)12-20(17(15)11-14)19(23)25-10-9-13-5-3-2-4-6-13/h2-8,11-12H,9-10H2,1H3,(H,21,22)/p-1. The monoisotopic (exact) mass is 338 g/mol. The summed E-state index contributed by atoms with van der Waals surface area (Å²) in [5.41, 5.74) is 1.37. The van der Waals surface area contributed by atoms with E-state index in [9.17, 15) is 14.7 Å². The average Bonchev–Trinajstić information content (AvgIpc) is 3.01. The van der Waals surface area contributed by atoms with Gasteiger partial charge in [-0.15, -0.1) is 0 Å². The van der Waals surface area contributed by atoms with Crippen molar-refractivity contribution >= 4 is 23.0 Å². The second-order valence-corrected chi connectivity index (χ2v) is 5.43. The van der Waals surface area contributed by atoms with Gasteiger partial charge in [0, 0.05) is 29.6 Å². The highest BCUT2D eigenvalue weighted by atomic mass is 16.5. The summed E-state index contributed by atoms with van der Waals surface area (Å²) in [6.45, 7) is 0.188. The lowest BCUT2D eigenvalue weighted by Gasteiger charge is -2.07. The van der Waals surface area contributed by atoms with Gasteiger partial charge in [-0.3, -0.25) is 4.57 Å². The number of benzene rings is 2. The second-order valence-electron chi connectivity index (χ2n) is 5.43. The molecule has 0 amide bonds. The summed E-state index contributed by atoms with van der Waals surface area (Å²) in [5, 5.41) is 11.7. The number of carbonyl (C=O) groups excluding carboxylic acids is 2. The summed E-state index contributed by atoms with van der Waals surface area (Å²) < 4.78 is 11.6. The lowest BCUT2D eigenvalue weighted by molar-refractivity contribution is -0.254. The number of carboxylic acid groups (broad SMARTS) is 1. The van der Waals surface area contributed by atoms with E-state index in [1.54, 1.807) is 18.2 Å². The Kier molecular flexibility index (Phi) is 4.70. The zero-order valence-corrected chi connectivity index (χ0v) is 13.6. The van der Waals surface area contributed by atoms with Crippen molar-refractivity contribution in [3.63, 3.8) is 0 Å². The van der Waals surface area contributed by atoms with Gasteiger partial charge in [-0.1, -0.05) is 30.3 Å². The van der Waals surface area contributed by atoms with Gasteiger partial charge in [-0.25, -0.2) is 4.79 Å². The van der Waals surface area contributed by atoms with E-state index in [0.29, 0.717) is 23.1 Å². The molecule has 1 heterocycles. The van der Waals surface area contributed by atoms with Gasteiger partial charge in [0.2, 0.25) is 0 Å². The van der Waals surface area contributed by atoms with E-state index < -0.39 is 12.1 Å². The second kappa shape index (κ2) is 7.09. The van der Waals surface area contributed by atoms with Crippen LogP contribution in [0.25, 0.3) is 10.9 Å². The number of carbonyl (C=O) groups is 2. The molecule has 0 radical (unpaired) electrons. The summed E-state index contributed by atoms with van der Waals surface area (Å²) in [4.78, 5) is 23.7. The van der Waals surface area contributed by atoms with Crippen LogP contribution in [0.1, 0.15) is 15.9 Å². The number of hydrogen-bond donors (Lipinski definition) is 0. The van der Waals surface area contributed by atoms with Crippen molar-refractivity contribution < 1.29 is 24.2 Å². The number of nitrogens with zero attached hydrogens (tertiary/aromatic N) is 1. The predicted molar refractivity (Wildman–Crippen MR) is 89.7 cm³/mol. The Morgan fingerprint density at radius 2 is 1.88 bits per heavy atom. The molecule has 25 heavy (non-hydrogen) atoms. The highest BCUT2D eigenvalue weighted by molar-refractivity contribution is 6.05. The first-order chi connectivity index (χ1) is 12.1. The molecule has 6 heteroatoms. The van der Waals surface area contributed by atoms with Crippen LogP contribution in [0.2, 0.25) is 0 Å². The third kappa shape index (κ3) is 3.47. The van der Waals surface area contributed by atoms with Crippen molar-refractivity contribution in [3.8, 4) is 5.75 Å². The van der Waals surface area contributed by atoms with Crippen molar-refractivity contribution in [1.82, 2.24) is 4.57 Å². The molecule has 0 saturated carbocycles. The molecular formula is C19H16NO5-. The maximum Gasteiger partial charge on any atom is 0.418 e. The van der Waals surface area contributed by atoms with Crippen LogP contribution in [-0.4, -0.2) is 30.3 Å².